The molecule has 1 aliphatic rings. The van der Waals surface area contributed by atoms with Gasteiger partial charge in [-0.05, 0) is 50.1 Å². The summed E-state index contributed by atoms with van der Waals surface area (Å²) in [6.45, 7) is 3.72. The van der Waals surface area contributed by atoms with Crippen LogP contribution < -0.4 is 15.6 Å². The number of hydrogen-bond acceptors (Lipinski definition) is 6. The summed E-state index contributed by atoms with van der Waals surface area (Å²) in [6.07, 6.45) is 2.16. The number of sulfonamides is 1. The smallest absolute Gasteiger partial charge is 0.266 e. The van der Waals surface area contributed by atoms with Crippen molar-refractivity contribution in [3.05, 3.63) is 46.8 Å². The van der Waals surface area contributed by atoms with Crippen molar-refractivity contribution in [2.45, 2.75) is 26.3 Å². The first-order valence-electron chi connectivity index (χ1n) is 10.3. The van der Waals surface area contributed by atoms with Crippen molar-refractivity contribution in [1.82, 2.24) is 19.4 Å². The van der Waals surface area contributed by atoms with E-state index < -0.39 is 10.0 Å². The molecule has 0 aliphatic carbocycles. The monoisotopic (exact) mass is 448 g/mol. The predicted molar refractivity (Wildman–Crippen MR) is 117 cm³/mol. The van der Waals surface area contributed by atoms with Crippen LogP contribution in [0, 0.1) is 5.92 Å². The highest BCUT2D eigenvalue weighted by molar-refractivity contribution is 7.88. The highest BCUT2D eigenvalue weighted by Gasteiger charge is 2.28. The van der Waals surface area contributed by atoms with Crippen molar-refractivity contribution in [3.8, 4) is 17.0 Å². The molecule has 3 rings (SSSR count). The zero-order valence-corrected chi connectivity index (χ0v) is 18.6. The Bertz CT molecular complexity index is 1060. The molecule has 0 spiro atoms. The fraction of sp³-hybridized carbons (Fsp3) is 0.476. The molecule has 1 N–H and O–H groups in total. The predicted octanol–water partition coefficient (Wildman–Crippen LogP) is 1.10. The fourth-order valence-corrected chi connectivity index (χ4v) is 4.40. The summed E-state index contributed by atoms with van der Waals surface area (Å²) in [6, 6.07) is 10.6. The SMILES string of the molecule is CCOc1ccc(-c2ccc(=O)n(CCNC(=O)C3CCN(S(C)(=O)=O)CC3)n2)cc1. The summed E-state index contributed by atoms with van der Waals surface area (Å²) in [7, 11) is -3.22. The van der Waals surface area contributed by atoms with Crippen molar-refractivity contribution in [1.29, 1.82) is 0 Å². The van der Waals surface area contributed by atoms with E-state index in [9.17, 15) is 18.0 Å². The number of nitrogens with one attached hydrogen (secondary N) is 1. The van der Waals surface area contributed by atoms with Crippen LogP contribution in [0.2, 0.25) is 0 Å². The van der Waals surface area contributed by atoms with Crippen LogP contribution in [0.1, 0.15) is 19.8 Å². The largest absolute Gasteiger partial charge is 0.494 e. The molecule has 2 heterocycles. The lowest BCUT2D eigenvalue weighted by atomic mass is 9.97. The molecule has 1 saturated heterocycles. The quantitative estimate of drug-likeness (QED) is 0.647. The maximum Gasteiger partial charge on any atom is 0.266 e. The zero-order valence-electron chi connectivity index (χ0n) is 17.8. The number of rotatable bonds is 8. The van der Waals surface area contributed by atoms with E-state index in [1.54, 1.807) is 6.07 Å². The van der Waals surface area contributed by atoms with Gasteiger partial charge >= 0.3 is 0 Å². The van der Waals surface area contributed by atoms with Gasteiger partial charge in [0.25, 0.3) is 5.56 Å². The van der Waals surface area contributed by atoms with Gasteiger partial charge in [0.15, 0.2) is 0 Å². The molecule has 0 bridgehead atoms. The second-order valence-corrected chi connectivity index (χ2v) is 9.45. The molecular formula is C21H28N4O5S. The third-order valence-electron chi connectivity index (χ3n) is 5.24. The molecule has 1 aliphatic heterocycles. The van der Waals surface area contributed by atoms with Crippen molar-refractivity contribution in [3.63, 3.8) is 0 Å². The lowest BCUT2D eigenvalue weighted by Crippen LogP contribution is -2.43. The summed E-state index contributed by atoms with van der Waals surface area (Å²) >= 11 is 0. The molecule has 10 heteroatoms. The van der Waals surface area contributed by atoms with Crippen LogP contribution in [-0.2, 0) is 21.4 Å². The first kappa shape index (κ1) is 23.0. The molecule has 0 atom stereocenters. The number of carbonyl (C=O) groups excluding carboxylic acids is 1. The van der Waals surface area contributed by atoms with Crippen LogP contribution in [0.15, 0.2) is 41.2 Å². The Kier molecular flexibility index (Phi) is 7.45. The zero-order chi connectivity index (χ0) is 22.4. The number of carbonyl (C=O) groups is 1. The summed E-state index contributed by atoms with van der Waals surface area (Å²) < 4.78 is 31.3. The lowest BCUT2D eigenvalue weighted by molar-refractivity contribution is -0.126. The molecule has 1 amide bonds. The fourth-order valence-electron chi connectivity index (χ4n) is 3.53. The Morgan fingerprint density at radius 3 is 2.45 bits per heavy atom. The number of nitrogens with zero attached hydrogens (tertiary/aromatic N) is 3. The van der Waals surface area contributed by atoms with Crippen molar-refractivity contribution in [2.75, 3.05) is 32.5 Å². The van der Waals surface area contributed by atoms with E-state index in [0.29, 0.717) is 38.2 Å². The Morgan fingerprint density at radius 2 is 1.84 bits per heavy atom. The van der Waals surface area contributed by atoms with Gasteiger partial charge in [-0.15, -0.1) is 0 Å². The molecule has 31 heavy (non-hydrogen) atoms. The lowest BCUT2D eigenvalue weighted by Gasteiger charge is -2.29. The first-order valence-corrected chi connectivity index (χ1v) is 12.2. The summed E-state index contributed by atoms with van der Waals surface area (Å²) in [5.74, 6) is 0.423. The minimum Gasteiger partial charge on any atom is -0.494 e. The van der Waals surface area contributed by atoms with Gasteiger partial charge in [0.2, 0.25) is 15.9 Å². The maximum atomic E-state index is 12.4. The Hall–Kier alpha value is -2.72. The van der Waals surface area contributed by atoms with Crippen LogP contribution in [0.25, 0.3) is 11.3 Å². The van der Waals surface area contributed by atoms with E-state index >= 15 is 0 Å². The van der Waals surface area contributed by atoms with Gasteiger partial charge in [-0.3, -0.25) is 9.59 Å². The van der Waals surface area contributed by atoms with Gasteiger partial charge in [-0.1, -0.05) is 0 Å². The molecule has 2 aromatic rings. The average Bonchev–Trinajstić information content (AvgIpc) is 2.75. The summed E-state index contributed by atoms with van der Waals surface area (Å²) in [5, 5.41) is 7.24. The normalized spacial score (nSPS) is 15.5. The standard InChI is InChI=1S/C21H28N4O5S/c1-3-30-18-6-4-16(5-7-18)19-8-9-20(26)25(23-19)15-12-22-21(27)17-10-13-24(14-11-17)31(2,28)29/h4-9,17H,3,10-15H2,1-2H3,(H,22,27). The maximum absolute atomic E-state index is 12.4. The number of benzene rings is 1. The molecule has 168 valence electrons. The van der Waals surface area contributed by atoms with Crippen LogP contribution in [0.5, 0.6) is 5.75 Å². The van der Waals surface area contributed by atoms with Crippen LogP contribution >= 0.6 is 0 Å². The van der Waals surface area contributed by atoms with Gasteiger partial charge in [0.1, 0.15) is 5.75 Å². The third-order valence-corrected chi connectivity index (χ3v) is 6.55. The van der Waals surface area contributed by atoms with E-state index in [2.05, 4.69) is 10.4 Å². The topological polar surface area (TPSA) is 111 Å². The van der Waals surface area contributed by atoms with E-state index in [4.69, 9.17) is 4.74 Å². The molecule has 1 fully saturated rings. The number of amides is 1. The highest BCUT2D eigenvalue weighted by Crippen LogP contribution is 2.20. The summed E-state index contributed by atoms with van der Waals surface area (Å²) in [5.41, 5.74) is 1.27. The summed E-state index contributed by atoms with van der Waals surface area (Å²) in [4.78, 5) is 24.6. The second-order valence-electron chi connectivity index (χ2n) is 7.46. The number of aromatic nitrogens is 2. The molecule has 0 radical (unpaired) electrons. The van der Waals surface area contributed by atoms with Crippen LogP contribution in [-0.4, -0.2) is 60.9 Å². The Balaban J connectivity index is 1.55. The van der Waals surface area contributed by atoms with E-state index in [-0.39, 0.29) is 30.5 Å². The number of ether oxygens (including phenoxy) is 1. The molecule has 0 unspecified atom stereocenters. The van der Waals surface area contributed by atoms with Crippen molar-refractivity contribution >= 4 is 15.9 Å². The third kappa shape index (κ3) is 6.14. The van der Waals surface area contributed by atoms with E-state index in [0.717, 1.165) is 11.3 Å². The van der Waals surface area contributed by atoms with Crippen molar-refractivity contribution in [2.24, 2.45) is 5.92 Å². The first-order chi connectivity index (χ1) is 14.8. The minimum atomic E-state index is -3.22. The van der Waals surface area contributed by atoms with Crippen LogP contribution in [0.3, 0.4) is 0 Å². The van der Waals surface area contributed by atoms with Gasteiger partial charge in [0.05, 0.1) is 25.1 Å². The number of hydrogen-bond donors (Lipinski definition) is 1. The van der Waals surface area contributed by atoms with E-state index in [1.165, 1.54) is 21.3 Å². The van der Waals surface area contributed by atoms with Gasteiger partial charge < -0.3 is 10.1 Å². The van der Waals surface area contributed by atoms with Crippen molar-refractivity contribution < 1.29 is 17.9 Å². The van der Waals surface area contributed by atoms with E-state index in [1.807, 2.05) is 31.2 Å². The second kappa shape index (κ2) is 10.1. The molecule has 1 aromatic heterocycles. The molecule has 0 saturated carbocycles. The van der Waals surface area contributed by atoms with Gasteiger partial charge in [0, 0.05) is 37.2 Å². The average molecular weight is 449 g/mol. The molecule has 1 aromatic carbocycles. The minimum absolute atomic E-state index is 0.121. The number of piperidine rings is 1. The van der Waals surface area contributed by atoms with Crippen LogP contribution in [0.4, 0.5) is 0 Å². The van der Waals surface area contributed by atoms with Gasteiger partial charge in [-0.25, -0.2) is 17.4 Å². The highest BCUT2D eigenvalue weighted by atomic mass is 32.2. The van der Waals surface area contributed by atoms with Gasteiger partial charge in [-0.2, -0.15) is 5.10 Å². The molecular weight excluding hydrogens is 420 g/mol. The molecule has 9 nitrogen and oxygen atoms in total. The Labute approximate surface area is 182 Å². The Morgan fingerprint density at radius 1 is 1.16 bits per heavy atom.